The number of carbonyl (C=O) groups excluding carboxylic acids is 1. The molecule has 0 bridgehead atoms. The Kier molecular flexibility index (Phi) is 7.11. The largest absolute Gasteiger partial charge is 0.497 e. The molecule has 0 radical (unpaired) electrons. The summed E-state index contributed by atoms with van der Waals surface area (Å²) in [5, 5.41) is 12.0. The van der Waals surface area contributed by atoms with Crippen LogP contribution in [0.2, 0.25) is 0 Å². The van der Waals surface area contributed by atoms with Gasteiger partial charge in [-0.25, -0.2) is 13.2 Å². The van der Waals surface area contributed by atoms with Gasteiger partial charge in [-0.05, 0) is 61.4 Å². The average Bonchev–Trinajstić information content (AvgIpc) is 2.80. The number of benzene rings is 3. The number of ether oxygens (including phenoxy) is 2. The first-order valence-electron chi connectivity index (χ1n) is 10.1. The third-order valence-electron chi connectivity index (χ3n) is 5.23. The van der Waals surface area contributed by atoms with Crippen molar-refractivity contribution in [1.29, 1.82) is 0 Å². The van der Waals surface area contributed by atoms with Crippen LogP contribution in [0.25, 0.3) is 0 Å². The van der Waals surface area contributed by atoms with Crippen LogP contribution in [0, 0.1) is 13.8 Å². The Morgan fingerprint density at radius 2 is 1.62 bits per heavy atom. The highest BCUT2D eigenvalue weighted by molar-refractivity contribution is 7.92. The summed E-state index contributed by atoms with van der Waals surface area (Å²) >= 11 is 0. The molecule has 9 nitrogen and oxygen atoms in total. The summed E-state index contributed by atoms with van der Waals surface area (Å²) in [6.07, 6.45) is 0. The number of para-hydroxylation sites is 1. The Morgan fingerprint density at radius 3 is 2.26 bits per heavy atom. The molecular formula is C24H24N2O7S. The normalized spacial score (nSPS) is 10.9. The molecular weight excluding hydrogens is 460 g/mol. The molecule has 178 valence electrons. The van der Waals surface area contributed by atoms with E-state index >= 15 is 0 Å². The topological polar surface area (TPSA) is 131 Å². The van der Waals surface area contributed by atoms with Gasteiger partial charge in [-0.2, -0.15) is 0 Å². The first kappa shape index (κ1) is 24.6. The van der Waals surface area contributed by atoms with Crippen molar-refractivity contribution < 1.29 is 32.6 Å². The Bertz CT molecular complexity index is 1370. The van der Waals surface area contributed by atoms with Crippen LogP contribution in [0.4, 0.5) is 11.4 Å². The highest BCUT2D eigenvalue weighted by atomic mass is 32.2. The van der Waals surface area contributed by atoms with Crippen LogP contribution in [-0.2, 0) is 10.0 Å². The number of aromatic carboxylic acids is 1. The Morgan fingerprint density at radius 1 is 0.912 bits per heavy atom. The lowest BCUT2D eigenvalue weighted by atomic mass is 10.1. The number of nitrogens with one attached hydrogen (secondary N) is 2. The average molecular weight is 485 g/mol. The molecule has 0 aliphatic carbocycles. The van der Waals surface area contributed by atoms with Crippen LogP contribution >= 0.6 is 0 Å². The predicted molar refractivity (Wildman–Crippen MR) is 128 cm³/mol. The Labute approximate surface area is 197 Å². The number of rotatable bonds is 8. The number of carboxylic acid groups (broad SMARTS) is 1. The smallest absolute Gasteiger partial charge is 0.335 e. The van der Waals surface area contributed by atoms with Gasteiger partial charge >= 0.3 is 5.97 Å². The summed E-state index contributed by atoms with van der Waals surface area (Å²) < 4.78 is 39.2. The molecule has 0 aliphatic rings. The quantitative estimate of drug-likeness (QED) is 0.439. The molecule has 3 aromatic rings. The first-order valence-corrected chi connectivity index (χ1v) is 11.6. The Hall–Kier alpha value is -4.05. The fourth-order valence-corrected chi connectivity index (χ4v) is 4.71. The van der Waals surface area contributed by atoms with E-state index in [0.29, 0.717) is 28.3 Å². The summed E-state index contributed by atoms with van der Waals surface area (Å²) in [6.45, 7) is 3.22. The Balaban J connectivity index is 1.96. The molecule has 0 fully saturated rings. The van der Waals surface area contributed by atoms with E-state index in [2.05, 4.69) is 10.0 Å². The van der Waals surface area contributed by atoms with E-state index in [9.17, 15) is 23.1 Å². The third kappa shape index (κ3) is 5.12. The van der Waals surface area contributed by atoms with Gasteiger partial charge in [0.15, 0.2) is 0 Å². The van der Waals surface area contributed by atoms with Gasteiger partial charge in [0, 0.05) is 6.07 Å². The summed E-state index contributed by atoms with van der Waals surface area (Å²) in [4.78, 5) is 24.3. The van der Waals surface area contributed by atoms with Crippen molar-refractivity contribution >= 4 is 33.3 Å². The highest BCUT2D eigenvalue weighted by Gasteiger charge is 2.23. The lowest BCUT2D eigenvalue weighted by Gasteiger charge is -2.16. The molecule has 0 spiro atoms. The molecule has 0 unspecified atom stereocenters. The molecule has 0 aromatic heterocycles. The molecule has 3 N–H and O–H groups in total. The summed E-state index contributed by atoms with van der Waals surface area (Å²) in [5.74, 6) is -0.915. The van der Waals surface area contributed by atoms with Crippen molar-refractivity contribution in [3.8, 4) is 11.5 Å². The number of hydrogen-bond acceptors (Lipinski definition) is 6. The SMILES string of the molecule is COc1ccc(NC(=O)c2ccccc2NS(=O)(=O)c2cc(C(=O)O)cc(C)c2C)c(OC)c1. The van der Waals surface area contributed by atoms with Crippen molar-refractivity contribution in [2.75, 3.05) is 24.3 Å². The van der Waals surface area contributed by atoms with Crippen LogP contribution in [-0.4, -0.2) is 39.6 Å². The van der Waals surface area contributed by atoms with Crippen molar-refractivity contribution in [1.82, 2.24) is 0 Å². The summed E-state index contributed by atoms with van der Waals surface area (Å²) in [5.41, 5.74) is 1.23. The molecule has 0 saturated carbocycles. The second-order valence-corrected chi connectivity index (χ2v) is 9.04. The monoisotopic (exact) mass is 484 g/mol. The van der Waals surface area contributed by atoms with Crippen molar-refractivity contribution in [2.24, 2.45) is 0 Å². The molecule has 0 aliphatic heterocycles. The van der Waals surface area contributed by atoms with Gasteiger partial charge in [0.05, 0.1) is 41.6 Å². The predicted octanol–water partition coefficient (Wildman–Crippen LogP) is 4.07. The second-order valence-electron chi connectivity index (χ2n) is 7.39. The standard InChI is InChI=1S/C24H24N2O7S/c1-14-11-16(24(28)29)12-22(15(14)2)34(30,31)26-19-8-6-5-7-18(19)23(27)25-20-10-9-17(32-3)13-21(20)33-4/h5-13,26H,1-4H3,(H,25,27)(H,28,29). The molecule has 1 amide bonds. The van der Waals surface area contributed by atoms with Gasteiger partial charge in [0.1, 0.15) is 11.5 Å². The lowest BCUT2D eigenvalue weighted by molar-refractivity contribution is 0.0696. The van der Waals surface area contributed by atoms with Gasteiger partial charge in [-0.1, -0.05) is 12.1 Å². The molecule has 34 heavy (non-hydrogen) atoms. The molecule has 0 atom stereocenters. The number of anilines is 2. The lowest BCUT2D eigenvalue weighted by Crippen LogP contribution is -2.20. The van der Waals surface area contributed by atoms with E-state index < -0.39 is 21.9 Å². The molecule has 0 saturated heterocycles. The van der Waals surface area contributed by atoms with Crippen LogP contribution in [0.15, 0.2) is 59.5 Å². The van der Waals surface area contributed by atoms with Crippen molar-refractivity contribution in [2.45, 2.75) is 18.7 Å². The van der Waals surface area contributed by atoms with E-state index in [1.54, 1.807) is 44.2 Å². The van der Waals surface area contributed by atoms with Gasteiger partial charge in [0.2, 0.25) is 0 Å². The molecule has 3 aromatic carbocycles. The number of aryl methyl sites for hydroxylation is 1. The van der Waals surface area contributed by atoms with Crippen LogP contribution in [0.3, 0.4) is 0 Å². The minimum absolute atomic E-state index is 0.0326. The number of methoxy groups -OCH3 is 2. The van der Waals surface area contributed by atoms with Crippen molar-refractivity contribution in [3.05, 3.63) is 76.9 Å². The number of hydrogen-bond donors (Lipinski definition) is 3. The number of amides is 1. The fourth-order valence-electron chi connectivity index (χ4n) is 3.29. The van der Waals surface area contributed by atoms with Gasteiger partial charge in [0.25, 0.3) is 15.9 Å². The van der Waals surface area contributed by atoms with Gasteiger partial charge < -0.3 is 19.9 Å². The summed E-state index contributed by atoms with van der Waals surface area (Å²) in [6, 6.07) is 13.4. The zero-order valence-corrected chi connectivity index (χ0v) is 19.8. The number of sulfonamides is 1. The zero-order valence-electron chi connectivity index (χ0n) is 19.0. The first-order chi connectivity index (χ1) is 16.1. The van der Waals surface area contributed by atoms with E-state index in [-0.39, 0.29) is 21.7 Å². The molecule has 0 heterocycles. The second kappa shape index (κ2) is 9.84. The maximum Gasteiger partial charge on any atom is 0.335 e. The van der Waals surface area contributed by atoms with Crippen LogP contribution in [0.1, 0.15) is 31.8 Å². The van der Waals surface area contributed by atoms with Crippen LogP contribution in [0.5, 0.6) is 11.5 Å². The molecule has 3 rings (SSSR count). The minimum atomic E-state index is -4.21. The fraction of sp³-hybridized carbons (Fsp3) is 0.167. The van der Waals surface area contributed by atoms with Gasteiger partial charge in [-0.3, -0.25) is 9.52 Å². The number of carboxylic acids is 1. The highest BCUT2D eigenvalue weighted by Crippen LogP contribution is 2.31. The number of carbonyl (C=O) groups is 2. The van der Waals surface area contributed by atoms with Crippen LogP contribution < -0.4 is 19.5 Å². The minimum Gasteiger partial charge on any atom is -0.497 e. The van der Waals surface area contributed by atoms with E-state index in [1.165, 1.54) is 32.4 Å². The molecule has 10 heteroatoms. The maximum atomic E-state index is 13.2. The summed E-state index contributed by atoms with van der Waals surface area (Å²) in [7, 11) is -1.26. The van der Waals surface area contributed by atoms with E-state index in [1.807, 2.05) is 0 Å². The zero-order chi connectivity index (χ0) is 25.0. The van der Waals surface area contributed by atoms with Crippen molar-refractivity contribution in [3.63, 3.8) is 0 Å². The third-order valence-corrected chi connectivity index (χ3v) is 6.72. The van der Waals surface area contributed by atoms with Gasteiger partial charge in [-0.15, -0.1) is 0 Å². The maximum absolute atomic E-state index is 13.2. The van der Waals surface area contributed by atoms with E-state index in [0.717, 1.165) is 6.07 Å². The van der Waals surface area contributed by atoms with E-state index in [4.69, 9.17) is 9.47 Å².